The number of aliphatic imine (C=N–C) groups is 1. The first kappa shape index (κ1) is 32.6. The van der Waals surface area contributed by atoms with Crippen molar-refractivity contribution in [1.29, 1.82) is 0 Å². The fourth-order valence-corrected chi connectivity index (χ4v) is 5.98. The van der Waals surface area contributed by atoms with Crippen LogP contribution in [0.25, 0.3) is 6.08 Å². The molecule has 4 rings (SSSR count). The number of likely N-dealkylation sites (tertiary alicyclic amines) is 1. The van der Waals surface area contributed by atoms with E-state index in [1.165, 1.54) is 22.5 Å². The number of amides is 1. The highest BCUT2D eigenvalue weighted by Crippen LogP contribution is 2.25. The predicted octanol–water partition coefficient (Wildman–Crippen LogP) is 6.71. The van der Waals surface area contributed by atoms with Gasteiger partial charge in [-0.1, -0.05) is 35.9 Å². The zero-order chi connectivity index (χ0) is 30.9. The molecule has 1 N–H and O–H groups in total. The first-order chi connectivity index (χ1) is 20.0. The number of carboxylic acid groups (broad SMARTS) is 1. The smallest absolute Gasteiger partial charge is 0.335 e. The van der Waals surface area contributed by atoms with Crippen molar-refractivity contribution in [3.8, 4) is 0 Å². The highest BCUT2D eigenvalue weighted by molar-refractivity contribution is 7.92. The Kier molecular flexibility index (Phi) is 11.5. The molecule has 1 saturated heterocycles. The van der Waals surface area contributed by atoms with E-state index in [1.54, 1.807) is 65.6 Å². The normalized spacial score (nSPS) is 14.9. The van der Waals surface area contributed by atoms with Crippen molar-refractivity contribution in [3.63, 3.8) is 0 Å². The van der Waals surface area contributed by atoms with Crippen LogP contribution in [0.15, 0.2) is 83.2 Å². The maximum absolute atomic E-state index is 13.6. The summed E-state index contributed by atoms with van der Waals surface area (Å²) in [6, 6.07) is 19.5. The number of hydrogen-bond acceptors (Lipinski definition) is 5. The van der Waals surface area contributed by atoms with E-state index in [-0.39, 0.29) is 24.6 Å². The lowest BCUT2D eigenvalue weighted by molar-refractivity contribution is 0.0696. The van der Waals surface area contributed by atoms with Crippen molar-refractivity contribution in [1.82, 2.24) is 9.21 Å². The van der Waals surface area contributed by atoms with Crippen LogP contribution >= 0.6 is 11.6 Å². The van der Waals surface area contributed by atoms with Crippen LogP contribution in [-0.4, -0.2) is 59.4 Å². The van der Waals surface area contributed by atoms with Gasteiger partial charge in [-0.05, 0) is 86.0 Å². The lowest BCUT2D eigenvalue weighted by Gasteiger charge is -2.27. The third-order valence-corrected chi connectivity index (χ3v) is 8.31. The summed E-state index contributed by atoms with van der Waals surface area (Å²) in [6.45, 7) is 4.46. The minimum Gasteiger partial charge on any atom is -0.478 e. The van der Waals surface area contributed by atoms with Crippen molar-refractivity contribution in [2.45, 2.75) is 32.9 Å². The first-order valence-electron chi connectivity index (χ1n) is 12.8. The fraction of sp³-hybridized carbons (Fsp3) is 0.233. The number of hydrogen-bond donors (Lipinski definition) is 1. The number of aromatic carboxylic acids is 1. The SMILES string of the molecule is CC(C)=Nc1ccc(C(=O)N2CCC(N(Cc3ccc(C(=O)O)cc3)S(=O)(=O)/C=C/c3ccc(Cl)cc3)C2)cc1.FF. The molecule has 1 atom stereocenters. The van der Waals surface area contributed by atoms with Crippen LogP contribution < -0.4 is 0 Å². The molecule has 0 radical (unpaired) electrons. The summed E-state index contributed by atoms with van der Waals surface area (Å²) in [5.41, 5.74) is 3.60. The Morgan fingerprint density at radius 3 is 2.17 bits per heavy atom. The third-order valence-electron chi connectivity index (χ3n) is 6.49. The molecular weight excluding hydrogens is 588 g/mol. The van der Waals surface area contributed by atoms with Crippen LogP contribution in [0.1, 0.15) is 52.1 Å². The second-order valence-corrected chi connectivity index (χ2v) is 12.0. The van der Waals surface area contributed by atoms with Crippen LogP contribution in [-0.2, 0) is 16.6 Å². The zero-order valence-corrected chi connectivity index (χ0v) is 24.5. The summed E-state index contributed by atoms with van der Waals surface area (Å²) in [5.74, 6) is -1.23. The molecule has 3 aromatic rings. The van der Waals surface area contributed by atoms with E-state index >= 15 is 0 Å². The Hall–Kier alpha value is -3.93. The minimum atomic E-state index is -3.92. The number of benzene rings is 3. The van der Waals surface area contributed by atoms with Gasteiger partial charge >= 0.3 is 5.97 Å². The van der Waals surface area contributed by atoms with Gasteiger partial charge in [0.05, 0.1) is 11.3 Å². The monoisotopic (exact) mass is 617 g/mol. The summed E-state index contributed by atoms with van der Waals surface area (Å²) in [6.07, 6.45) is 1.97. The van der Waals surface area contributed by atoms with E-state index in [4.69, 9.17) is 20.7 Å². The number of halogens is 3. The zero-order valence-electron chi connectivity index (χ0n) is 23.0. The Balaban J connectivity index is 0.00000237. The average Bonchev–Trinajstić information content (AvgIpc) is 3.46. The highest BCUT2D eigenvalue weighted by Gasteiger charge is 2.36. The third kappa shape index (κ3) is 8.78. The average molecular weight is 618 g/mol. The molecule has 222 valence electrons. The van der Waals surface area contributed by atoms with Crippen LogP contribution in [0.4, 0.5) is 14.8 Å². The van der Waals surface area contributed by atoms with Crippen molar-refractivity contribution >= 4 is 51.0 Å². The summed E-state index contributed by atoms with van der Waals surface area (Å²) in [5, 5.41) is 10.9. The molecule has 0 aliphatic carbocycles. The van der Waals surface area contributed by atoms with E-state index < -0.39 is 22.0 Å². The van der Waals surface area contributed by atoms with E-state index in [0.29, 0.717) is 34.7 Å². The van der Waals surface area contributed by atoms with Crippen LogP contribution in [0.2, 0.25) is 5.02 Å². The summed E-state index contributed by atoms with van der Waals surface area (Å²) >= 11 is 5.95. The molecule has 0 saturated carbocycles. The lowest BCUT2D eigenvalue weighted by Crippen LogP contribution is -2.41. The van der Waals surface area contributed by atoms with Gasteiger partial charge < -0.3 is 10.0 Å². The first-order valence-corrected chi connectivity index (χ1v) is 14.7. The summed E-state index contributed by atoms with van der Waals surface area (Å²) < 4.78 is 44.6. The molecule has 8 nitrogen and oxygen atoms in total. The highest BCUT2D eigenvalue weighted by atomic mass is 35.5. The Labute approximate surface area is 248 Å². The second-order valence-electron chi connectivity index (χ2n) is 9.75. The number of carbonyl (C=O) groups excluding carboxylic acids is 1. The van der Waals surface area contributed by atoms with Crippen molar-refractivity contribution in [2.24, 2.45) is 4.99 Å². The number of sulfonamides is 1. The predicted molar refractivity (Wildman–Crippen MR) is 160 cm³/mol. The van der Waals surface area contributed by atoms with Gasteiger partial charge in [-0.3, -0.25) is 9.79 Å². The molecule has 12 heteroatoms. The standard InChI is InChI=1S/C30H30ClN3O5S.F2/c1-21(2)32-27-13-9-24(10-14-27)29(35)33-17-15-28(20-33)34(19-23-3-7-25(8-4-23)30(36)37)40(38,39)18-16-22-5-11-26(31)12-6-22;1-2/h3-14,16,18,28H,15,17,19-20H2,1-2H3,(H,36,37);/b18-16+;. The van der Waals surface area contributed by atoms with Gasteiger partial charge in [0, 0.05) is 56.5 Å². The van der Waals surface area contributed by atoms with E-state index in [2.05, 4.69) is 4.99 Å². The minimum absolute atomic E-state index is 0.0307. The van der Waals surface area contributed by atoms with Gasteiger partial charge in [0.1, 0.15) is 0 Å². The van der Waals surface area contributed by atoms with Gasteiger partial charge in [-0.25, -0.2) is 13.2 Å². The molecule has 1 aliphatic rings. The molecule has 0 aromatic heterocycles. The second kappa shape index (κ2) is 14.8. The lowest BCUT2D eigenvalue weighted by atomic mass is 10.1. The molecular formula is C30H30ClF2N3O5S. The quantitative estimate of drug-likeness (QED) is 0.269. The maximum atomic E-state index is 13.6. The van der Waals surface area contributed by atoms with Crippen LogP contribution in [0.3, 0.4) is 0 Å². The van der Waals surface area contributed by atoms with E-state index in [0.717, 1.165) is 16.8 Å². The molecule has 0 bridgehead atoms. The van der Waals surface area contributed by atoms with E-state index in [9.17, 15) is 23.1 Å². The number of nitrogens with zero attached hydrogens (tertiary/aromatic N) is 3. The maximum Gasteiger partial charge on any atom is 0.335 e. The summed E-state index contributed by atoms with van der Waals surface area (Å²) in [4.78, 5) is 30.5. The van der Waals surface area contributed by atoms with E-state index in [1.807, 2.05) is 13.8 Å². The molecule has 1 fully saturated rings. The van der Waals surface area contributed by atoms with Gasteiger partial charge in [0.15, 0.2) is 0 Å². The molecule has 42 heavy (non-hydrogen) atoms. The van der Waals surface area contributed by atoms with Crippen molar-refractivity contribution in [3.05, 3.63) is 105 Å². The Morgan fingerprint density at radius 2 is 1.60 bits per heavy atom. The van der Waals surface area contributed by atoms with Crippen molar-refractivity contribution in [2.75, 3.05) is 13.1 Å². The molecule has 1 amide bonds. The van der Waals surface area contributed by atoms with Gasteiger partial charge in [-0.15, -0.1) is 0 Å². The largest absolute Gasteiger partial charge is 0.478 e. The number of rotatable bonds is 9. The Morgan fingerprint density at radius 1 is 1.00 bits per heavy atom. The molecule has 3 aromatic carbocycles. The van der Waals surface area contributed by atoms with Gasteiger partial charge in [0.2, 0.25) is 10.0 Å². The number of carbonyl (C=O) groups is 2. The van der Waals surface area contributed by atoms with Crippen LogP contribution in [0, 0.1) is 0 Å². The topological polar surface area (TPSA) is 107 Å². The molecule has 1 aliphatic heterocycles. The van der Waals surface area contributed by atoms with Gasteiger partial charge in [-0.2, -0.15) is 4.31 Å². The molecule has 0 spiro atoms. The number of carboxylic acids is 1. The van der Waals surface area contributed by atoms with Gasteiger partial charge in [0.25, 0.3) is 5.91 Å². The summed E-state index contributed by atoms with van der Waals surface area (Å²) in [7, 11) is -3.92. The van der Waals surface area contributed by atoms with Crippen molar-refractivity contribution < 1.29 is 32.3 Å². The molecule has 1 heterocycles. The van der Waals surface area contributed by atoms with Crippen LogP contribution in [0.5, 0.6) is 0 Å². The Bertz CT molecular complexity index is 1540. The fourth-order valence-electron chi connectivity index (χ4n) is 4.46. The molecule has 1 unspecified atom stereocenters.